The first-order valence-corrected chi connectivity index (χ1v) is 8.83. The summed E-state index contributed by atoms with van der Waals surface area (Å²) in [7, 11) is 0. The summed E-state index contributed by atoms with van der Waals surface area (Å²) in [4.78, 5) is 16.6. The molecule has 0 aliphatic carbocycles. The Labute approximate surface area is 154 Å². The van der Waals surface area contributed by atoms with Gasteiger partial charge in [0, 0.05) is 26.2 Å². The van der Waals surface area contributed by atoms with Gasteiger partial charge in [-0.05, 0) is 31.0 Å². The van der Waals surface area contributed by atoms with E-state index in [-0.39, 0.29) is 17.2 Å². The Kier molecular flexibility index (Phi) is 7.99. The lowest BCUT2D eigenvalue weighted by Crippen LogP contribution is -2.41. The van der Waals surface area contributed by atoms with Crippen LogP contribution in [-0.2, 0) is 6.42 Å². The van der Waals surface area contributed by atoms with Crippen LogP contribution in [-0.4, -0.2) is 43.2 Å². The molecule has 2 rings (SSSR count). The Hall–Kier alpha value is -3.02. The minimum atomic E-state index is -0.295. The Bertz CT molecular complexity index is 717. The fourth-order valence-electron chi connectivity index (χ4n) is 2.40. The van der Waals surface area contributed by atoms with Crippen molar-refractivity contribution in [3.05, 3.63) is 65.7 Å². The third-order valence-corrected chi connectivity index (χ3v) is 3.71. The number of rotatable bonds is 8. The van der Waals surface area contributed by atoms with Crippen molar-refractivity contribution in [3.63, 3.8) is 0 Å². The van der Waals surface area contributed by atoms with Gasteiger partial charge in [0.05, 0.1) is 5.56 Å². The van der Waals surface area contributed by atoms with Gasteiger partial charge in [-0.3, -0.25) is 9.79 Å². The zero-order chi connectivity index (χ0) is 18.6. The molecule has 6 heteroatoms. The Morgan fingerprint density at radius 3 is 2.38 bits per heavy atom. The van der Waals surface area contributed by atoms with E-state index in [1.165, 1.54) is 11.6 Å². The van der Waals surface area contributed by atoms with Crippen molar-refractivity contribution in [2.75, 3.05) is 26.2 Å². The van der Waals surface area contributed by atoms with Crippen molar-refractivity contribution in [2.24, 2.45) is 4.99 Å². The number of benzene rings is 2. The largest absolute Gasteiger partial charge is 0.507 e. The van der Waals surface area contributed by atoms with Gasteiger partial charge < -0.3 is 21.1 Å². The van der Waals surface area contributed by atoms with Crippen molar-refractivity contribution in [1.29, 1.82) is 0 Å². The monoisotopic (exact) mass is 354 g/mol. The van der Waals surface area contributed by atoms with Gasteiger partial charge in [0.1, 0.15) is 5.75 Å². The summed E-state index contributed by atoms with van der Waals surface area (Å²) in [5.74, 6) is 0.407. The number of nitrogens with zero attached hydrogens (tertiary/aromatic N) is 1. The van der Waals surface area contributed by atoms with Gasteiger partial charge in [-0.25, -0.2) is 0 Å². The number of guanidine groups is 1. The second-order valence-corrected chi connectivity index (χ2v) is 5.70. The standard InChI is InChI=1S/C20H26N4O2/c1-2-21-20(23-13-12-16-8-4-3-5-9-16)24-15-14-22-19(26)17-10-6-7-11-18(17)25/h3-11,25H,2,12-15H2,1H3,(H,22,26)(H2,21,23,24). The Balaban J connectivity index is 1.74. The van der Waals surface area contributed by atoms with Crippen LogP contribution < -0.4 is 16.0 Å². The Morgan fingerprint density at radius 2 is 1.65 bits per heavy atom. The van der Waals surface area contributed by atoms with Gasteiger partial charge in [0.15, 0.2) is 5.96 Å². The molecule has 2 aromatic carbocycles. The van der Waals surface area contributed by atoms with Crippen LogP contribution in [0.5, 0.6) is 5.75 Å². The fourth-order valence-corrected chi connectivity index (χ4v) is 2.40. The molecule has 138 valence electrons. The van der Waals surface area contributed by atoms with Crippen LogP contribution >= 0.6 is 0 Å². The van der Waals surface area contributed by atoms with Gasteiger partial charge in [-0.1, -0.05) is 42.5 Å². The van der Waals surface area contributed by atoms with Crippen molar-refractivity contribution in [2.45, 2.75) is 13.3 Å². The maximum absolute atomic E-state index is 12.0. The number of phenolic OH excluding ortho intramolecular Hbond substituents is 1. The van der Waals surface area contributed by atoms with Crippen LogP contribution in [0.3, 0.4) is 0 Å². The van der Waals surface area contributed by atoms with Crippen molar-refractivity contribution in [1.82, 2.24) is 16.0 Å². The number of aliphatic imine (C=N–C) groups is 1. The average Bonchev–Trinajstić information content (AvgIpc) is 2.66. The number of aromatic hydroxyl groups is 1. The van der Waals surface area contributed by atoms with Crippen LogP contribution in [0.4, 0.5) is 0 Å². The Morgan fingerprint density at radius 1 is 0.962 bits per heavy atom. The molecule has 0 aromatic heterocycles. The van der Waals surface area contributed by atoms with Crippen LogP contribution in [0.15, 0.2) is 59.6 Å². The molecule has 6 nitrogen and oxygen atoms in total. The summed E-state index contributed by atoms with van der Waals surface area (Å²) >= 11 is 0. The highest BCUT2D eigenvalue weighted by molar-refractivity contribution is 5.96. The maximum Gasteiger partial charge on any atom is 0.255 e. The summed E-state index contributed by atoms with van der Waals surface area (Å²) in [6.45, 7) is 4.42. The van der Waals surface area contributed by atoms with Crippen LogP contribution in [0.25, 0.3) is 0 Å². The first-order chi connectivity index (χ1) is 12.7. The lowest BCUT2D eigenvalue weighted by molar-refractivity contribution is 0.0951. The zero-order valence-corrected chi connectivity index (χ0v) is 15.0. The zero-order valence-electron chi connectivity index (χ0n) is 15.0. The molecule has 0 saturated heterocycles. The highest BCUT2D eigenvalue weighted by atomic mass is 16.3. The molecule has 0 aliphatic heterocycles. The maximum atomic E-state index is 12.0. The van der Waals surface area contributed by atoms with E-state index in [1.807, 2.05) is 25.1 Å². The van der Waals surface area contributed by atoms with Gasteiger partial charge in [0.25, 0.3) is 5.91 Å². The van der Waals surface area contributed by atoms with Gasteiger partial charge in [-0.15, -0.1) is 0 Å². The highest BCUT2D eigenvalue weighted by Gasteiger charge is 2.09. The number of amides is 1. The minimum absolute atomic E-state index is 0.0197. The van der Waals surface area contributed by atoms with Crippen molar-refractivity contribution in [3.8, 4) is 5.75 Å². The van der Waals surface area contributed by atoms with E-state index >= 15 is 0 Å². The number of phenols is 1. The molecule has 0 saturated carbocycles. The smallest absolute Gasteiger partial charge is 0.255 e. The van der Waals surface area contributed by atoms with Crippen LogP contribution in [0.2, 0.25) is 0 Å². The van der Waals surface area contributed by atoms with E-state index in [0.717, 1.165) is 18.9 Å². The molecule has 0 unspecified atom stereocenters. The van der Waals surface area contributed by atoms with Crippen LogP contribution in [0, 0.1) is 0 Å². The molecule has 0 spiro atoms. The molecule has 0 fully saturated rings. The SMILES string of the molecule is CCNC(=NCCc1ccccc1)NCCNC(=O)c1ccccc1O. The van der Waals surface area contributed by atoms with E-state index in [0.29, 0.717) is 19.6 Å². The van der Waals surface area contributed by atoms with Gasteiger partial charge in [-0.2, -0.15) is 0 Å². The number of hydrogen-bond acceptors (Lipinski definition) is 3. The number of carbonyl (C=O) groups excluding carboxylic acids is 1. The highest BCUT2D eigenvalue weighted by Crippen LogP contribution is 2.14. The molecule has 0 heterocycles. The average molecular weight is 354 g/mol. The molecule has 4 N–H and O–H groups in total. The molecule has 0 aliphatic rings. The molecule has 0 atom stereocenters. The molecular formula is C20H26N4O2. The predicted octanol–water partition coefficient (Wildman–Crippen LogP) is 1.92. The molecule has 1 amide bonds. The number of hydrogen-bond donors (Lipinski definition) is 4. The summed E-state index contributed by atoms with van der Waals surface area (Å²) in [6.07, 6.45) is 0.876. The predicted molar refractivity (Wildman–Crippen MR) is 105 cm³/mol. The third-order valence-electron chi connectivity index (χ3n) is 3.71. The second-order valence-electron chi connectivity index (χ2n) is 5.70. The van der Waals surface area contributed by atoms with Gasteiger partial charge >= 0.3 is 0 Å². The van der Waals surface area contributed by atoms with Crippen LogP contribution in [0.1, 0.15) is 22.8 Å². The van der Waals surface area contributed by atoms with E-state index in [4.69, 9.17) is 0 Å². The van der Waals surface area contributed by atoms with Crippen molar-refractivity contribution < 1.29 is 9.90 Å². The third kappa shape index (κ3) is 6.47. The summed E-state index contributed by atoms with van der Waals surface area (Å²) in [5.41, 5.74) is 1.53. The molecular weight excluding hydrogens is 328 g/mol. The van der Waals surface area contributed by atoms with Gasteiger partial charge in [0.2, 0.25) is 0 Å². The lowest BCUT2D eigenvalue weighted by atomic mass is 10.2. The molecule has 26 heavy (non-hydrogen) atoms. The first-order valence-electron chi connectivity index (χ1n) is 8.83. The molecule has 0 bridgehead atoms. The van der Waals surface area contributed by atoms with E-state index in [1.54, 1.807) is 18.2 Å². The van der Waals surface area contributed by atoms with E-state index < -0.39 is 0 Å². The number of carbonyl (C=O) groups is 1. The normalized spacial score (nSPS) is 11.0. The fraction of sp³-hybridized carbons (Fsp3) is 0.300. The number of nitrogens with one attached hydrogen (secondary N) is 3. The summed E-state index contributed by atoms with van der Waals surface area (Å²) < 4.78 is 0. The first kappa shape index (κ1) is 19.3. The summed E-state index contributed by atoms with van der Waals surface area (Å²) in [5, 5.41) is 18.8. The topological polar surface area (TPSA) is 85.8 Å². The quantitative estimate of drug-likeness (QED) is 0.331. The molecule has 0 radical (unpaired) electrons. The number of para-hydroxylation sites is 1. The van der Waals surface area contributed by atoms with Crippen molar-refractivity contribution >= 4 is 11.9 Å². The second kappa shape index (κ2) is 10.8. The lowest BCUT2D eigenvalue weighted by Gasteiger charge is -2.12. The summed E-state index contributed by atoms with van der Waals surface area (Å²) in [6, 6.07) is 16.7. The van der Waals surface area contributed by atoms with E-state index in [2.05, 4.69) is 33.1 Å². The molecule has 2 aromatic rings. The minimum Gasteiger partial charge on any atom is -0.507 e. The van der Waals surface area contributed by atoms with E-state index in [9.17, 15) is 9.90 Å².